The van der Waals surface area contributed by atoms with E-state index in [-0.39, 0.29) is 5.78 Å². The molecule has 2 aromatic carbocycles. The Morgan fingerprint density at radius 1 is 1.04 bits per heavy atom. The van der Waals surface area contributed by atoms with Crippen LogP contribution in [-0.2, 0) is 11.2 Å². The lowest BCUT2D eigenvalue weighted by Crippen LogP contribution is -2.10. The normalized spacial score (nSPS) is 10.4. The molecule has 1 amide bonds. The molecule has 0 saturated heterocycles. The van der Waals surface area contributed by atoms with Gasteiger partial charge in [-0.05, 0) is 74.2 Å². The molecule has 0 unspecified atom stereocenters. The summed E-state index contributed by atoms with van der Waals surface area (Å²) in [6.07, 6.45) is 1.30. The standard InChI is InChI=1S/C19H21NO3/c1-12-11-18(13(2)10-16(12)5-4-14(3)21)23-17-8-6-15(7-9-17)19(20)22/h6-11H,4-5H2,1-3H3,(H2,20,22). The zero-order valence-electron chi connectivity index (χ0n) is 13.7. The van der Waals surface area contributed by atoms with Crippen molar-refractivity contribution in [2.75, 3.05) is 0 Å². The predicted octanol–water partition coefficient (Wildman–Crippen LogP) is 3.72. The summed E-state index contributed by atoms with van der Waals surface area (Å²) in [4.78, 5) is 22.2. The molecule has 0 heterocycles. The summed E-state index contributed by atoms with van der Waals surface area (Å²) in [6.45, 7) is 5.59. The molecule has 120 valence electrons. The summed E-state index contributed by atoms with van der Waals surface area (Å²) < 4.78 is 5.89. The molecule has 0 aliphatic carbocycles. The smallest absolute Gasteiger partial charge is 0.248 e. The molecule has 0 atom stereocenters. The number of aryl methyl sites for hydroxylation is 3. The van der Waals surface area contributed by atoms with E-state index in [4.69, 9.17) is 10.5 Å². The van der Waals surface area contributed by atoms with Crippen LogP contribution in [0.25, 0.3) is 0 Å². The Bertz CT molecular complexity index is 733. The number of hydrogen-bond acceptors (Lipinski definition) is 3. The van der Waals surface area contributed by atoms with Gasteiger partial charge in [-0.2, -0.15) is 0 Å². The zero-order chi connectivity index (χ0) is 17.0. The quantitative estimate of drug-likeness (QED) is 0.884. The van der Waals surface area contributed by atoms with Gasteiger partial charge in [0.15, 0.2) is 0 Å². The van der Waals surface area contributed by atoms with E-state index in [9.17, 15) is 9.59 Å². The molecule has 0 saturated carbocycles. The first-order valence-electron chi connectivity index (χ1n) is 7.54. The molecule has 0 spiro atoms. The van der Waals surface area contributed by atoms with Gasteiger partial charge in [0.05, 0.1) is 0 Å². The highest BCUT2D eigenvalue weighted by Crippen LogP contribution is 2.28. The minimum atomic E-state index is -0.460. The minimum Gasteiger partial charge on any atom is -0.457 e. The lowest BCUT2D eigenvalue weighted by atomic mass is 9.99. The maximum atomic E-state index is 11.1. The van der Waals surface area contributed by atoms with Crippen LogP contribution in [0.4, 0.5) is 0 Å². The molecule has 4 heteroatoms. The number of carbonyl (C=O) groups is 2. The Labute approximate surface area is 136 Å². The van der Waals surface area contributed by atoms with Crippen LogP contribution in [0.2, 0.25) is 0 Å². The van der Waals surface area contributed by atoms with Gasteiger partial charge >= 0.3 is 0 Å². The molecule has 0 bridgehead atoms. The van der Waals surface area contributed by atoms with Crippen molar-refractivity contribution in [2.45, 2.75) is 33.6 Å². The molecule has 2 N–H and O–H groups in total. The minimum absolute atomic E-state index is 0.192. The van der Waals surface area contributed by atoms with Crippen LogP contribution in [0, 0.1) is 13.8 Å². The van der Waals surface area contributed by atoms with Crippen molar-refractivity contribution in [3.05, 3.63) is 58.7 Å². The van der Waals surface area contributed by atoms with Crippen molar-refractivity contribution in [3.63, 3.8) is 0 Å². The second-order valence-corrected chi connectivity index (χ2v) is 5.74. The number of hydrogen-bond donors (Lipinski definition) is 1. The van der Waals surface area contributed by atoms with Gasteiger partial charge in [-0.25, -0.2) is 0 Å². The van der Waals surface area contributed by atoms with Crippen LogP contribution in [0.15, 0.2) is 36.4 Å². The largest absolute Gasteiger partial charge is 0.457 e. The Balaban J connectivity index is 2.18. The van der Waals surface area contributed by atoms with Gasteiger partial charge in [0.1, 0.15) is 17.3 Å². The Morgan fingerprint density at radius 2 is 1.70 bits per heavy atom. The first-order chi connectivity index (χ1) is 10.9. The molecule has 2 aromatic rings. The predicted molar refractivity (Wildman–Crippen MR) is 90.0 cm³/mol. The Hall–Kier alpha value is -2.62. The number of nitrogens with two attached hydrogens (primary N) is 1. The van der Waals surface area contributed by atoms with E-state index in [0.717, 1.165) is 28.9 Å². The van der Waals surface area contributed by atoms with Crippen LogP contribution in [0.5, 0.6) is 11.5 Å². The van der Waals surface area contributed by atoms with E-state index in [1.807, 2.05) is 19.9 Å². The number of carbonyl (C=O) groups excluding carboxylic acids is 2. The lowest BCUT2D eigenvalue weighted by molar-refractivity contribution is -0.116. The average molecular weight is 311 g/mol. The van der Waals surface area contributed by atoms with Crippen LogP contribution in [0.1, 0.15) is 40.4 Å². The average Bonchev–Trinajstić information content (AvgIpc) is 2.49. The molecule has 4 nitrogen and oxygen atoms in total. The maximum absolute atomic E-state index is 11.1. The number of rotatable bonds is 6. The third-order valence-corrected chi connectivity index (χ3v) is 3.75. The van der Waals surface area contributed by atoms with E-state index in [0.29, 0.717) is 17.7 Å². The Morgan fingerprint density at radius 3 is 2.26 bits per heavy atom. The number of ether oxygens (including phenoxy) is 1. The van der Waals surface area contributed by atoms with Gasteiger partial charge in [-0.3, -0.25) is 4.79 Å². The summed E-state index contributed by atoms with van der Waals surface area (Å²) in [7, 11) is 0. The second-order valence-electron chi connectivity index (χ2n) is 5.74. The molecular weight excluding hydrogens is 290 g/mol. The molecule has 23 heavy (non-hydrogen) atoms. The van der Waals surface area contributed by atoms with Crippen molar-refractivity contribution in [2.24, 2.45) is 5.73 Å². The van der Waals surface area contributed by atoms with Gasteiger partial charge < -0.3 is 15.3 Å². The topological polar surface area (TPSA) is 69.4 Å². The summed E-state index contributed by atoms with van der Waals surface area (Å²) in [5.41, 5.74) is 8.94. The number of amides is 1. The fourth-order valence-electron chi connectivity index (χ4n) is 2.35. The highest BCUT2D eigenvalue weighted by atomic mass is 16.5. The van der Waals surface area contributed by atoms with E-state index in [1.54, 1.807) is 31.2 Å². The Kier molecular flexibility index (Phi) is 5.16. The van der Waals surface area contributed by atoms with Gasteiger partial charge in [-0.15, -0.1) is 0 Å². The number of benzene rings is 2. The monoisotopic (exact) mass is 311 g/mol. The van der Waals surface area contributed by atoms with E-state index in [1.165, 1.54) is 0 Å². The van der Waals surface area contributed by atoms with E-state index >= 15 is 0 Å². The van der Waals surface area contributed by atoms with Crippen LogP contribution in [-0.4, -0.2) is 11.7 Å². The van der Waals surface area contributed by atoms with Crippen molar-refractivity contribution < 1.29 is 14.3 Å². The van der Waals surface area contributed by atoms with Crippen LogP contribution >= 0.6 is 0 Å². The van der Waals surface area contributed by atoms with E-state index in [2.05, 4.69) is 6.07 Å². The SMILES string of the molecule is CC(=O)CCc1cc(C)c(Oc2ccc(C(N)=O)cc2)cc1C. The summed E-state index contributed by atoms with van der Waals surface area (Å²) in [5, 5.41) is 0. The van der Waals surface area contributed by atoms with Gasteiger partial charge in [-0.1, -0.05) is 6.07 Å². The molecule has 0 aliphatic heterocycles. The molecule has 0 radical (unpaired) electrons. The molecule has 0 aliphatic rings. The second kappa shape index (κ2) is 7.09. The maximum Gasteiger partial charge on any atom is 0.248 e. The highest BCUT2D eigenvalue weighted by Gasteiger charge is 2.08. The van der Waals surface area contributed by atoms with Crippen LogP contribution in [0.3, 0.4) is 0 Å². The third kappa shape index (κ3) is 4.42. The summed E-state index contributed by atoms with van der Waals surface area (Å²) in [5.74, 6) is 1.14. The number of primary amides is 1. The lowest BCUT2D eigenvalue weighted by Gasteiger charge is -2.13. The zero-order valence-corrected chi connectivity index (χ0v) is 13.7. The first-order valence-corrected chi connectivity index (χ1v) is 7.54. The fraction of sp³-hybridized carbons (Fsp3) is 0.263. The first kappa shape index (κ1) is 16.7. The van der Waals surface area contributed by atoms with Crippen molar-refractivity contribution >= 4 is 11.7 Å². The fourth-order valence-corrected chi connectivity index (χ4v) is 2.35. The van der Waals surface area contributed by atoms with Gasteiger partial charge in [0.25, 0.3) is 0 Å². The van der Waals surface area contributed by atoms with Gasteiger partial charge in [0, 0.05) is 12.0 Å². The highest BCUT2D eigenvalue weighted by molar-refractivity contribution is 5.92. The molecular formula is C19H21NO3. The van der Waals surface area contributed by atoms with Crippen molar-refractivity contribution in [1.29, 1.82) is 0 Å². The molecule has 0 fully saturated rings. The van der Waals surface area contributed by atoms with Crippen molar-refractivity contribution in [3.8, 4) is 11.5 Å². The molecule has 2 rings (SSSR count). The summed E-state index contributed by atoms with van der Waals surface area (Å²) in [6, 6.07) is 10.8. The molecule has 0 aromatic heterocycles. The third-order valence-electron chi connectivity index (χ3n) is 3.75. The van der Waals surface area contributed by atoms with E-state index < -0.39 is 5.91 Å². The van der Waals surface area contributed by atoms with Crippen molar-refractivity contribution in [1.82, 2.24) is 0 Å². The number of Topliss-reactive ketones (excluding diaryl/α,β-unsaturated/α-hetero) is 1. The van der Waals surface area contributed by atoms with Gasteiger partial charge in [0.2, 0.25) is 5.91 Å². The number of ketones is 1. The van der Waals surface area contributed by atoms with Crippen LogP contribution < -0.4 is 10.5 Å². The summed E-state index contributed by atoms with van der Waals surface area (Å²) >= 11 is 0.